The van der Waals surface area contributed by atoms with E-state index in [1.165, 1.54) is 11.5 Å². The molecule has 94 valence electrons. The number of rotatable bonds is 4. The van der Waals surface area contributed by atoms with E-state index in [-0.39, 0.29) is 11.4 Å². The van der Waals surface area contributed by atoms with Crippen LogP contribution in [-0.4, -0.2) is 28.9 Å². The minimum Gasteiger partial charge on any atom is -0.373 e. The molecule has 4 nitrogen and oxygen atoms in total. The molecule has 5 heteroatoms. The first-order chi connectivity index (χ1) is 8.02. The lowest BCUT2D eigenvalue weighted by atomic mass is 10.0. The SMILES string of the molecule is CC(=O)c1c(C)nsc1NCC1(C)CCCO1. The van der Waals surface area contributed by atoms with Gasteiger partial charge in [0.1, 0.15) is 5.00 Å². The summed E-state index contributed by atoms with van der Waals surface area (Å²) in [7, 11) is 0. The first kappa shape index (κ1) is 12.5. The molecule has 17 heavy (non-hydrogen) atoms. The zero-order valence-electron chi connectivity index (χ0n) is 10.5. The minimum absolute atomic E-state index is 0.0660. The van der Waals surface area contributed by atoms with Crippen LogP contribution in [0.15, 0.2) is 0 Å². The Morgan fingerprint density at radius 2 is 2.41 bits per heavy atom. The molecular weight excluding hydrogens is 236 g/mol. The second kappa shape index (κ2) is 4.74. The molecule has 2 rings (SSSR count). The van der Waals surface area contributed by atoms with Crippen molar-refractivity contribution in [2.24, 2.45) is 0 Å². The second-order valence-electron chi connectivity index (χ2n) is 4.78. The number of ketones is 1. The Kier molecular flexibility index (Phi) is 3.49. The number of Topliss-reactive ketones (excluding diaryl/α,β-unsaturated/α-hetero) is 1. The maximum Gasteiger partial charge on any atom is 0.164 e. The maximum atomic E-state index is 11.5. The van der Waals surface area contributed by atoms with E-state index in [1.54, 1.807) is 6.92 Å². The molecular formula is C12H18N2O2S. The van der Waals surface area contributed by atoms with Gasteiger partial charge in [-0.15, -0.1) is 0 Å². The molecule has 1 aromatic rings. The topological polar surface area (TPSA) is 51.2 Å². The summed E-state index contributed by atoms with van der Waals surface area (Å²) in [5.41, 5.74) is 1.42. The van der Waals surface area contributed by atoms with Crippen molar-refractivity contribution in [2.45, 2.75) is 39.2 Å². The van der Waals surface area contributed by atoms with Gasteiger partial charge in [0.2, 0.25) is 0 Å². The summed E-state index contributed by atoms with van der Waals surface area (Å²) >= 11 is 1.35. The molecule has 0 bridgehead atoms. The first-order valence-electron chi connectivity index (χ1n) is 5.87. The Bertz CT molecular complexity index is 422. The van der Waals surface area contributed by atoms with Crippen LogP contribution in [0.4, 0.5) is 5.00 Å². The van der Waals surface area contributed by atoms with Gasteiger partial charge in [0.25, 0.3) is 0 Å². The Morgan fingerprint density at radius 1 is 1.65 bits per heavy atom. The lowest BCUT2D eigenvalue weighted by Crippen LogP contribution is -2.32. The zero-order valence-corrected chi connectivity index (χ0v) is 11.3. The third-order valence-electron chi connectivity index (χ3n) is 3.14. The predicted molar refractivity (Wildman–Crippen MR) is 68.9 cm³/mol. The Balaban J connectivity index is 2.06. The van der Waals surface area contributed by atoms with Gasteiger partial charge in [0, 0.05) is 13.2 Å². The van der Waals surface area contributed by atoms with Crippen molar-refractivity contribution in [1.82, 2.24) is 4.37 Å². The molecule has 0 aromatic carbocycles. The Hall–Kier alpha value is -0.940. The average Bonchev–Trinajstić information content (AvgIpc) is 2.83. The van der Waals surface area contributed by atoms with Crippen molar-refractivity contribution >= 4 is 22.3 Å². The molecule has 1 atom stereocenters. The lowest BCUT2D eigenvalue weighted by molar-refractivity contribution is 0.0315. The summed E-state index contributed by atoms with van der Waals surface area (Å²) in [5.74, 6) is 0.0660. The highest BCUT2D eigenvalue weighted by Crippen LogP contribution is 2.29. The summed E-state index contributed by atoms with van der Waals surface area (Å²) in [5, 5.41) is 4.18. The summed E-state index contributed by atoms with van der Waals surface area (Å²) in [6.45, 7) is 7.12. The van der Waals surface area contributed by atoms with Crippen LogP contribution in [0.2, 0.25) is 0 Å². The average molecular weight is 254 g/mol. The molecule has 2 heterocycles. The van der Waals surface area contributed by atoms with E-state index in [4.69, 9.17) is 4.74 Å². The highest BCUT2D eigenvalue weighted by atomic mass is 32.1. The van der Waals surface area contributed by atoms with Crippen LogP contribution in [0, 0.1) is 6.92 Å². The molecule has 1 aliphatic rings. The monoisotopic (exact) mass is 254 g/mol. The molecule has 1 aliphatic heterocycles. The predicted octanol–water partition coefficient (Wildman–Crippen LogP) is 2.64. The number of aryl methyl sites for hydroxylation is 1. The van der Waals surface area contributed by atoms with Crippen LogP contribution in [0.1, 0.15) is 42.7 Å². The fraction of sp³-hybridized carbons (Fsp3) is 0.667. The molecule has 0 aliphatic carbocycles. The zero-order chi connectivity index (χ0) is 12.5. The summed E-state index contributed by atoms with van der Waals surface area (Å²) in [6, 6.07) is 0. The number of nitrogens with one attached hydrogen (secondary N) is 1. The van der Waals surface area contributed by atoms with E-state index < -0.39 is 0 Å². The van der Waals surface area contributed by atoms with Crippen LogP contribution in [0.25, 0.3) is 0 Å². The fourth-order valence-electron chi connectivity index (χ4n) is 2.15. The number of aromatic nitrogens is 1. The van der Waals surface area contributed by atoms with Gasteiger partial charge in [-0.3, -0.25) is 4.79 Å². The quantitative estimate of drug-likeness (QED) is 0.839. The van der Waals surface area contributed by atoms with Crippen molar-refractivity contribution in [2.75, 3.05) is 18.5 Å². The normalized spacial score (nSPS) is 23.9. The van der Waals surface area contributed by atoms with Crippen LogP contribution in [0.3, 0.4) is 0 Å². The van der Waals surface area contributed by atoms with Crippen LogP contribution in [0.5, 0.6) is 0 Å². The minimum atomic E-state index is -0.105. The van der Waals surface area contributed by atoms with E-state index in [1.807, 2.05) is 6.92 Å². The fourth-order valence-corrected chi connectivity index (χ4v) is 2.99. The summed E-state index contributed by atoms with van der Waals surface area (Å²) in [4.78, 5) is 11.5. The largest absolute Gasteiger partial charge is 0.373 e. The van der Waals surface area contributed by atoms with Gasteiger partial charge in [-0.25, -0.2) is 0 Å². The van der Waals surface area contributed by atoms with Gasteiger partial charge in [0.05, 0.1) is 16.9 Å². The van der Waals surface area contributed by atoms with Crippen LogP contribution in [-0.2, 0) is 4.74 Å². The number of anilines is 1. The van der Waals surface area contributed by atoms with Crippen molar-refractivity contribution in [1.29, 1.82) is 0 Å². The van der Waals surface area contributed by atoms with Gasteiger partial charge in [-0.2, -0.15) is 4.37 Å². The van der Waals surface area contributed by atoms with Crippen LogP contribution < -0.4 is 5.32 Å². The number of carbonyl (C=O) groups is 1. The van der Waals surface area contributed by atoms with E-state index in [0.717, 1.165) is 42.3 Å². The Morgan fingerprint density at radius 3 is 3.00 bits per heavy atom. The van der Waals surface area contributed by atoms with Crippen molar-refractivity contribution in [3.05, 3.63) is 11.3 Å². The molecule has 1 saturated heterocycles. The highest BCUT2D eigenvalue weighted by Gasteiger charge is 2.30. The van der Waals surface area contributed by atoms with E-state index in [9.17, 15) is 4.79 Å². The molecule has 0 amide bonds. The summed E-state index contributed by atoms with van der Waals surface area (Å²) in [6.07, 6.45) is 2.17. The smallest absolute Gasteiger partial charge is 0.164 e. The highest BCUT2D eigenvalue weighted by molar-refractivity contribution is 7.10. The standard InChI is InChI=1S/C12H18N2O2S/c1-8-10(9(2)15)11(17-14-8)13-7-12(3)5-4-6-16-12/h13H,4-7H2,1-3H3. The lowest BCUT2D eigenvalue weighted by Gasteiger charge is -2.23. The molecule has 0 saturated carbocycles. The number of carbonyl (C=O) groups excluding carboxylic acids is 1. The molecule has 0 spiro atoms. The second-order valence-corrected chi connectivity index (χ2v) is 5.56. The van der Waals surface area contributed by atoms with E-state index >= 15 is 0 Å². The summed E-state index contributed by atoms with van der Waals surface area (Å²) < 4.78 is 9.93. The van der Waals surface area contributed by atoms with Crippen molar-refractivity contribution < 1.29 is 9.53 Å². The first-order valence-corrected chi connectivity index (χ1v) is 6.64. The molecule has 1 N–H and O–H groups in total. The molecule has 1 aromatic heterocycles. The van der Waals surface area contributed by atoms with E-state index in [2.05, 4.69) is 16.6 Å². The van der Waals surface area contributed by atoms with Gasteiger partial charge >= 0.3 is 0 Å². The number of ether oxygens (including phenoxy) is 1. The van der Waals surface area contributed by atoms with Gasteiger partial charge in [-0.1, -0.05) is 0 Å². The van der Waals surface area contributed by atoms with Gasteiger partial charge < -0.3 is 10.1 Å². The third-order valence-corrected chi connectivity index (χ3v) is 4.03. The van der Waals surface area contributed by atoms with E-state index in [0.29, 0.717) is 0 Å². The van der Waals surface area contributed by atoms with Crippen molar-refractivity contribution in [3.63, 3.8) is 0 Å². The van der Waals surface area contributed by atoms with Gasteiger partial charge in [0.15, 0.2) is 5.78 Å². The maximum absolute atomic E-state index is 11.5. The number of hydrogen-bond donors (Lipinski definition) is 1. The van der Waals surface area contributed by atoms with Crippen LogP contribution >= 0.6 is 11.5 Å². The number of nitrogens with zero attached hydrogens (tertiary/aromatic N) is 1. The van der Waals surface area contributed by atoms with Crippen molar-refractivity contribution in [3.8, 4) is 0 Å². The third kappa shape index (κ3) is 2.66. The molecule has 1 fully saturated rings. The molecule has 0 radical (unpaired) electrons. The number of hydrogen-bond acceptors (Lipinski definition) is 5. The van der Waals surface area contributed by atoms with Gasteiger partial charge in [-0.05, 0) is 45.1 Å². The molecule has 1 unspecified atom stereocenters. The Labute approximate surface area is 106 Å².